The SMILES string of the molecule is CCC(NC(=O)C1CCN(C(=O)c2ccc(F)cc2F)CC1)c1ccc(OC)cc1. The predicted molar refractivity (Wildman–Crippen MR) is 109 cm³/mol. The van der Waals surface area contributed by atoms with E-state index in [2.05, 4.69) is 5.32 Å². The Hall–Kier alpha value is -2.96. The maximum Gasteiger partial charge on any atom is 0.256 e. The summed E-state index contributed by atoms with van der Waals surface area (Å²) in [6.45, 7) is 2.72. The van der Waals surface area contributed by atoms with Gasteiger partial charge >= 0.3 is 0 Å². The van der Waals surface area contributed by atoms with Crippen molar-refractivity contribution in [3.05, 3.63) is 65.2 Å². The van der Waals surface area contributed by atoms with Crippen molar-refractivity contribution in [1.82, 2.24) is 10.2 Å². The second-order valence-electron chi connectivity index (χ2n) is 7.43. The zero-order chi connectivity index (χ0) is 21.7. The standard InChI is InChI=1S/C23H26F2N2O3/c1-3-21(15-4-7-18(30-2)8-5-15)26-22(28)16-10-12-27(13-11-16)23(29)19-9-6-17(24)14-20(19)25/h4-9,14,16,21H,3,10-13H2,1-2H3,(H,26,28). The van der Waals surface area contributed by atoms with Gasteiger partial charge in [-0.25, -0.2) is 8.78 Å². The van der Waals surface area contributed by atoms with Crippen LogP contribution in [0.2, 0.25) is 0 Å². The van der Waals surface area contributed by atoms with Gasteiger partial charge in [-0.05, 0) is 49.1 Å². The second-order valence-corrected chi connectivity index (χ2v) is 7.43. The van der Waals surface area contributed by atoms with Gasteiger partial charge in [-0.2, -0.15) is 0 Å². The van der Waals surface area contributed by atoms with Crippen LogP contribution in [0.1, 0.15) is 48.1 Å². The van der Waals surface area contributed by atoms with E-state index < -0.39 is 17.5 Å². The topological polar surface area (TPSA) is 58.6 Å². The average Bonchev–Trinajstić information content (AvgIpc) is 2.77. The molecule has 1 atom stereocenters. The highest BCUT2D eigenvalue weighted by molar-refractivity contribution is 5.94. The molecule has 0 aromatic heterocycles. The minimum absolute atomic E-state index is 0.0438. The summed E-state index contributed by atoms with van der Waals surface area (Å²) in [5, 5.41) is 3.10. The molecule has 2 aromatic carbocycles. The summed E-state index contributed by atoms with van der Waals surface area (Å²) in [6.07, 6.45) is 1.75. The zero-order valence-electron chi connectivity index (χ0n) is 17.2. The average molecular weight is 416 g/mol. The number of rotatable bonds is 6. The number of carbonyl (C=O) groups excluding carboxylic acids is 2. The molecule has 1 aliphatic heterocycles. The molecule has 1 heterocycles. The van der Waals surface area contributed by atoms with Crippen LogP contribution in [-0.4, -0.2) is 36.9 Å². The van der Waals surface area contributed by atoms with E-state index in [0.717, 1.165) is 29.9 Å². The van der Waals surface area contributed by atoms with Crippen LogP contribution in [0, 0.1) is 17.6 Å². The molecule has 30 heavy (non-hydrogen) atoms. The molecule has 5 nitrogen and oxygen atoms in total. The van der Waals surface area contributed by atoms with E-state index in [9.17, 15) is 18.4 Å². The Morgan fingerprint density at radius 1 is 1.13 bits per heavy atom. The minimum Gasteiger partial charge on any atom is -0.497 e. The number of likely N-dealkylation sites (tertiary alicyclic amines) is 1. The van der Waals surface area contributed by atoms with Crippen LogP contribution < -0.4 is 10.1 Å². The molecule has 0 bridgehead atoms. The van der Waals surface area contributed by atoms with Gasteiger partial charge in [0.15, 0.2) is 0 Å². The summed E-state index contributed by atoms with van der Waals surface area (Å²) in [5.41, 5.74) is 0.857. The summed E-state index contributed by atoms with van der Waals surface area (Å²) in [6, 6.07) is 10.4. The van der Waals surface area contributed by atoms with Gasteiger partial charge in [0, 0.05) is 25.1 Å². The van der Waals surface area contributed by atoms with Crippen molar-refractivity contribution in [3.8, 4) is 5.75 Å². The molecule has 0 radical (unpaired) electrons. The number of nitrogens with one attached hydrogen (secondary N) is 1. The van der Waals surface area contributed by atoms with Crippen molar-refractivity contribution >= 4 is 11.8 Å². The lowest BCUT2D eigenvalue weighted by atomic mass is 9.94. The van der Waals surface area contributed by atoms with Crippen molar-refractivity contribution in [1.29, 1.82) is 0 Å². The number of piperidine rings is 1. The lowest BCUT2D eigenvalue weighted by Gasteiger charge is -2.32. The molecule has 7 heteroatoms. The fraction of sp³-hybridized carbons (Fsp3) is 0.391. The number of methoxy groups -OCH3 is 1. The molecular weight excluding hydrogens is 390 g/mol. The Morgan fingerprint density at radius 2 is 1.80 bits per heavy atom. The molecule has 1 aliphatic rings. The number of amides is 2. The summed E-state index contributed by atoms with van der Waals surface area (Å²) in [5.74, 6) is -1.56. The highest BCUT2D eigenvalue weighted by Crippen LogP contribution is 2.24. The van der Waals surface area contributed by atoms with Gasteiger partial charge in [-0.15, -0.1) is 0 Å². The molecular formula is C23H26F2N2O3. The summed E-state index contributed by atoms with van der Waals surface area (Å²) in [7, 11) is 1.61. The van der Waals surface area contributed by atoms with Crippen molar-refractivity contribution < 1.29 is 23.1 Å². The summed E-state index contributed by atoms with van der Waals surface area (Å²) < 4.78 is 32.1. The normalized spacial score (nSPS) is 15.5. The van der Waals surface area contributed by atoms with Crippen molar-refractivity contribution in [2.24, 2.45) is 5.92 Å². The molecule has 0 saturated carbocycles. The van der Waals surface area contributed by atoms with Gasteiger partial charge in [0.25, 0.3) is 5.91 Å². The van der Waals surface area contributed by atoms with Crippen LogP contribution >= 0.6 is 0 Å². The minimum atomic E-state index is -0.870. The summed E-state index contributed by atoms with van der Waals surface area (Å²) >= 11 is 0. The second kappa shape index (κ2) is 9.69. The van der Waals surface area contributed by atoms with E-state index in [1.807, 2.05) is 31.2 Å². The van der Waals surface area contributed by atoms with E-state index in [4.69, 9.17) is 4.74 Å². The third-order valence-corrected chi connectivity index (χ3v) is 5.56. The lowest BCUT2D eigenvalue weighted by molar-refractivity contribution is -0.127. The molecule has 1 N–H and O–H groups in total. The van der Waals surface area contributed by atoms with E-state index in [0.29, 0.717) is 32.0 Å². The molecule has 160 valence electrons. The number of nitrogens with zero attached hydrogens (tertiary/aromatic N) is 1. The van der Waals surface area contributed by atoms with E-state index in [-0.39, 0.29) is 23.4 Å². The molecule has 2 aromatic rings. The third-order valence-electron chi connectivity index (χ3n) is 5.56. The first-order valence-electron chi connectivity index (χ1n) is 10.1. The molecule has 1 fully saturated rings. The van der Waals surface area contributed by atoms with Gasteiger partial charge in [0.05, 0.1) is 18.7 Å². The highest BCUT2D eigenvalue weighted by Gasteiger charge is 2.29. The fourth-order valence-electron chi connectivity index (χ4n) is 3.72. The first kappa shape index (κ1) is 21.7. The van der Waals surface area contributed by atoms with Gasteiger partial charge in [0.1, 0.15) is 17.4 Å². The number of carbonyl (C=O) groups is 2. The van der Waals surface area contributed by atoms with Gasteiger partial charge in [-0.3, -0.25) is 9.59 Å². The molecule has 0 aliphatic carbocycles. The third kappa shape index (κ3) is 4.96. The Labute approximate surface area is 175 Å². The molecule has 0 spiro atoms. The van der Waals surface area contributed by atoms with Gasteiger partial charge in [0.2, 0.25) is 5.91 Å². The number of halogens is 2. The number of hydrogen-bond acceptors (Lipinski definition) is 3. The van der Waals surface area contributed by atoms with Crippen LogP contribution in [0.3, 0.4) is 0 Å². The summed E-state index contributed by atoms with van der Waals surface area (Å²) in [4.78, 5) is 26.8. The van der Waals surface area contributed by atoms with Crippen molar-refractivity contribution in [3.63, 3.8) is 0 Å². The van der Waals surface area contributed by atoms with E-state index >= 15 is 0 Å². The van der Waals surface area contributed by atoms with Gasteiger partial charge in [-0.1, -0.05) is 19.1 Å². The number of benzene rings is 2. The predicted octanol–water partition coefficient (Wildman–Crippen LogP) is 4.09. The Morgan fingerprint density at radius 3 is 2.37 bits per heavy atom. The van der Waals surface area contributed by atoms with E-state index in [1.165, 1.54) is 4.90 Å². The molecule has 1 unspecified atom stereocenters. The van der Waals surface area contributed by atoms with Crippen LogP contribution in [0.4, 0.5) is 8.78 Å². The molecule has 1 saturated heterocycles. The maximum absolute atomic E-state index is 13.9. The van der Waals surface area contributed by atoms with Crippen molar-refractivity contribution in [2.75, 3.05) is 20.2 Å². The maximum atomic E-state index is 13.9. The first-order valence-corrected chi connectivity index (χ1v) is 10.1. The van der Waals surface area contributed by atoms with Crippen LogP contribution in [0.15, 0.2) is 42.5 Å². The van der Waals surface area contributed by atoms with Crippen LogP contribution in [-0.2, 0) is 4.79 Å². The number of hydrogen-bond donors (Lipinski definition) is 1. The first-order chi connectivity index (χ1) is 14.4. The zero-order valence-corrected chi connectivity index (χ0v) is 17.2. The fourth-order valence-corrected chi connectivity index (χ4v) is 3.72. The lowest BCUT2D eigenvalue weighted by Crippen LogP contribution is -2.43. The monoisotopic (exact) mass is 416 g/mol. The number of ether oxygens (including phenoxy) is 1. The Kier molecular flexibility index (Phi) is 7.03. The molecule has 2 amide bonds. The van der Waals surface area contributed by atoms with Crippen LogP contribution in [0.25, 0.3) is 0 Å². The smallest absolute Gasteiger partial charge is 0.256 e. The quantitative estimate of drug-likeness (QED) is 0.772. The van der Waals surface area contributed by atoms with Crippen molar-refractivity contribution in [2.45, 2.75) is 32.2 Å². The molecule has 3 rings (SSSR count). The van der Waals surface area contributed by atoms with Gasteiger partial charge < -0.3 is 15.0 Å². The Balaban J connectivity index is 1.57. The van der Waals surface area contributed by atoms with Crippen LogP contribution in [0.5, 0.6) is 5.75 Å². The van der Waals surface area contributed by atoms with E-state index in [1.54, 1.807) is 7.11 Å². The Bertz CT molecular complexity index is 894. The highest BCUT2D eigenvalue weighted by atomic mass is 19.1. The largest absolute Gasteiger partial charge is 0.497 e.